The molecule has 0 amide bonds. The van der Waals surface area contributed by atoms with E-state index in [1.54, 1.807) is 0 Å². The van der Waals surface area contributed by atoms with E-state index in [4.69, 9.17) is 0 Å². The minimum absolute atomic E-state index is 0.804. The van der Waals surface area contributed by atoms with Crippen LogP contribution in [-0.2, 0) is 0 Å². The molecule has 0 radical (unpaired) electrons. The molecule has 2 nitrogen and oxygen atoms in total. The van der Waals surface area contributed by atoms with Gasteiger partial charge in [0.25, 0.3) is 0 Å². The van der Waals surface area contributed by atoms with Gasteiger partial charge >= 0.3 is 0 Å². The van der Waals surface area contributed by atoms with Gasteiger partial charge in [0, 0.05) is 25.7 Å². The van der Waals surface area contributed by atoms with Crippen LogP contribution >= 0.6 is 0 Å². The first-order valence-electron chi connectivity index (χ1n) is 4.62. The van der Waals surface area contributed by atoms with Crippen LogP contribution in [-0.4, -0.2) is 49.6 Å². The molecule has 1 saturated heterocycles. The summed E-state index contributed by atoms with van der Waals surface area (Å²) in [6.07, 6.45) is 2.66. The highest BCUT2D eigenvalue weighted by Crippen LogP contribution is 2.10. The normalized spacial score (nSPS) is 29.2. The Labute approximate surface area is 70.2 Å². The zero-order valence-corrected chi connectivity index (χ0v) is 8.01. The summed E-state index contributed by atoms with van der Waals surface area (Å²) in [4.78, 5) is 4.92. The van der Waals surface area contributed by atoms with E-state index >= 15 is 0 Å². The lowest BCUT2D eigenvalue weighted by atomic mass is 10.1. The average Bonchev–Trinajstić information content (AvgIpc) is 1.98. The maximum absolute atomic E-state index is 2.49. The number of hydrogen-bond acceptors (Lipinski definition) is 2. The van der Waals surface area contributed by atoms with Crippen LogP contribution in [0.15, 0.2) is 0 Å². The first kappa shape index (κ1) is 9.01. The summed E-state index contributed by atoms with van der Waals surface area (Å²) < 4.78 is 0. The third-order valence-electron chi connectivity index (χ3n) is 2.60. The molecule has 1 fully saturated rings. The Morgan fingerprint density at radius 2 is 2.00 bits per heavy atom. The lowest BCUT2D eigenvalue weighted by Crippen LogP contribution is -2.49. The van der Waals surface area contributed by atoms with Crippen LogP contribution < -0.4 is 0 Å². The van der Waals surface area contributed by atoms with Crippen LogP contribution in [0.25, 0.3) is 0 Å². The summed E-state index contributed by atoms with van der Waals surface area (Å²) in [7, 11) is 4.46. The molecule has 0 saturated carbocycles. The number of nitrogens with zero attached hydrogens (tertiary/aromatic N) is 2. The van der Waals surface area contributed by atoms with E-state index in [1.165, 1.54) is 32.5 Å². The van der Waals surface area contributed by atoms with E-state index in [2.05, 4.69) is 30.8 Å². The molecule has 1 aliphatic heterocycles. The fraction of sp³-hybridized carbons (Fsp3) is 1.00. The van der Waals surface area contributed by atoms with Gasteiger partial charge in [0.2, 0.25) is 0 Å². The van der Waals surface area contributed by atoms with Gasteiger partial charge in [-0.05, 0) is 20.5 Å². The molecule has 0 bridgehead atoms. The molecule has 1 aliphatic rings. The molecule has 1 rings (SSSR count). The van der Waals surface area contributed by atoms with Crippen LogP contribution in [0.4, 0.5) is 0 Å². The number of likely N-dealkylation sites (N-methyl/N-ethyl adjacent to an activating group) is 2. The third kappa shape index (κ3) is 2.46. The molecule has 0 aromatic rings. The van der Waals surface area contributed by atoms with Gasteiger partial charge in [-0.2, -0.15) is 0 Å². The van der Waals surface area contributed by atoms with Crippen LogP contribution in [0.3, 0.4) is 0 Å². The van der Waals surface area contributed by atoms with Crippen molar-refractivity contribution in [1.29, 1.82) is 0 Å². The monoisotopic (exact) mass is 156 g/mol. The van der Waals surface area contributed by atoms with Crippen LogP contribution in [0.2, 0.25) is 0 Å². The van der Waals surface area contributed by atoms with Crippen molar-refractivity contribution in [3.8, 4) is 0 Å². The summed E-state index contributed by atoms with van der Waals surface area (Å²) >= 11 is 0. The first-order valence-corrected chi connectivity index (χ1v) is 4.62. The van der Waals surface area contributed by atoms with E-state index in [0.717, 1.165) is 6.04 Å². The average molecular weight is 156 g/mol. The van der Waals surface area contributed by atoms with Crippen molar-refractivity contribution in [3.63, 3.8) is 0 Å². The Morgan fingerprint density at radius 3 is 2.64 bits per heavy atom. The van der Waals surface area contributed by atoms with Gasteiger partial charge in [-0.1, -0.05) is 13.3 Å². The molecule has 0 aromatic carbocycles. The predicted octanol–water partition coefficient (Wildman–Crippen LogP) is 1.03. The SMILES string of the molecule is CCC[C@@H]1CN(C)CCN1C. The van der Waals surface area contributed by atoms with Gasteiger partial charge in [0.15, 0.2) is 0 Å². The van der Waals surface area contributed by atoms with Crippen molar-refractivity contribution < 1.29 is 0 Å². The van der Waals surface area contributed by atoms with Gasteiger partial charge in [-0.3, -0.25) is 0 Å². The van der Waals surface area contributed by atoms with Crippen molar-refractivity contribution in [3.05, 3.63) is 0 Å². The summed E-state index contributed by atoms with van der Waals surface area (Å²) in [5.74, 6) is 0. The molecule has 0 aliphatic carbocycles. The molecular weight excluding hydrogens is 136 g/mol. The van der Waals surface area contributed by atoms with Crippen LogP contribution in [0.5, 0.6) is 0 Å². The highest BCUT2D eigenvalue weighted by atomic mass is 15.3. The van der Waals surface area contributed by atoms with Crippen molar-refractivity contribution in [1.82, 2.24) is 9.80 Å². The Hall–Kier alpha value is -0.0800. The van der Waals surface area contributed by atoms with Gasteiger partial charge in [-0.25, -0.2) is 0 Å². The number of rotatable bonds is 2. The van der Waals surface area contributed by atoms with Gasteiger partial charge < -0.3 is 9.80 Å². The predicted molar refractivity (Wildman–Crippen MR) is 48.8 cm³/mol. The minimum atomic E-state index is 0.804. The maximum atomic E-state index is 2.49. The summed E-state index contributed by atoms with van der Waals surface area (Å²) in [5.41, 5.74) is 0. The van der Waals surface area contributed by atoms with Gasteiger partial charge in [-0.15, -0.1) is 0 Å². The topological polar surface area (TPSA) is 6.48 Å². The molecule has 1 heterocycles. The van der Waals surface area contributed by atoms with Crippen molar-refractivity contribution in [2.24, 2.45) is 0 Å². The maximum Gasteiger partial charge on any atom is 0.0220 e. The quantitative estimate of drug-likeness (QED) is 0.589. The second-order valence-corrected chi connectivity index (χ2v) is 3.69. The van der Waals surface area contributed by atoms with E-state index in [1.807, 2.05) is 0 Å². The van der Waals surface area contributed by atoms with Crippen LogP contribution in [0.1, 0.15) is 19.8 Å². The summed E-state index contributed by atoms with van der Waals surface area (Å²) in [6, 6.07) is 0.804. The highest BCUT2D eigenvalue weighted by Gasteiger charge is 2.20. The zero-order chi connectivity index (χ0) is 8.27. The van der Waals surface area contributed by atoms with Gasteiger partial charge in [0.05, 0.1) is 0 Å². The Morgan fingerprint density at radius 1 is 1.27 bits per heavy atom. The van der Waals surface area contributed by atoms with Crippen molar-refractivity contribution in [2.45, 2.75) is 25.8 Å². The molecule has 0 aromatic heterocycles. The molecule has 1 atom stereocenters. The number of piperazine rings is 1. The Balaban J connectivity index is 2.34. The Kier molecular flexibility index (Phi) is 3.34. The van der Waals surface area contributed by atoms with E-state index in [-0.39, 0.29) is 0 Å². The smallest absolute Gasteiger partial charge is 0.0220 e. The zero-order valence-electron chi connectivity index (χ0n) is 8.01. The number of hydrogen-bond donors (Lipinski definition) is 0. The van der Waals surface area contributed by atoms with Crippen LogP contribution in [0, 0.1) is 0 Å². The fourth-order valence-corrected chi connectivity index (χ4v) is 1.75. The molecule has 2 heteroatoms. The van der Waals surface area contributed by atoms with Crippen molar-refractivity contribution in [2.75, 3.05) is 33.7 Å². The third-order valence-corrected chi connectivity index (χ3v) is 2.60. The standard InChI is InChI=1S/C9H20N2/c1-4-5-9-8-10(2)6-7-11(9)3/h9H,4-8H2,1-3H3/t9-/m1/s1. The second kappa shape index (κ2) is 4.07. The molecule has 66 valence electrons. The Bertz CT molecular complexity index is 114. The van der Waals surface area contributed by atoms with E-state index < -0.39 is 0 Å². The molecule has 0 spiro atoms. The largest absolute Gasteiger partial charge is 0.304 e. The second-order valence-electron chi connectivity index (χ2n) is 3.69. The lowest BCUT2D eigenvalue weighted by Gasteiger charge is -2.37. The molecule has 11 heavy (non-hydrogen) atoms. The lowest BCUT2D eigenvalue weighted by molar-refractivity contribution is 0.108. The van der Waals surface area contributed by atoms with Crippen molar-refractivity contribution >= 4 is 0 Å². The fourth-order valence-electron chi connectivity index (χ4n) is 1.75. The summed E-state index contributed by atoms with van der Waals surface area (Å²) in [6.45, 7) is 5.99. The van der Waals surface area contributed by atoms with E-state index in [0.29, 0.717) is 0 Å². The molecular formula is C9H20N2. The first-order chi connectivity index (χ1) is 5.24. The van der Waals surface area contributed by atoms with E-state index in [9.17, 15) is 0 Å². The van der Waals surface area contributed by atoms with Gasteiger partial charge in [0.1, 0.15) is 0 Å². The molecule has 0 unspecified atom stereocenters. The molecule has 0 N–H and O–H groups in total. The summed E-state index contributed by atoms with van der Waals surface area (Å²) in [5, 5.41) is 0. The highest BCUT2D eigenvalue weighted by molar-refractivity contribution is 4.77. The minimum Gasteiger partial charge on any atom is -0.304 e.